The Morgan fingerprint density at radius 1 is 1.15 bits per heavy atom. The number of nitrogens with one attached hydrogen (secondary N) is 1. The van der Waals surface area contributed by atoms with Gasteiger partial charge in [0.1, 0.15) is 10.8 Å². The Kier molecular flexibility index (Phi) is 6.91. The van der Waals surface area contributed by atoms with Crippen molar-refractivity contribution < 1.29 is 9.53 Å². The van der Waals surface area contributed by atoms with Gasteiger partial charge in [-0.15, -0.1) is 11.3 Å². The van der Waals surface area contributed by atoms with Gasteiger partial charge in [-0.05, 0) is 90.3 Å². The number of methoxy groups -OCH3 is 1. The van der Waals surface area contributed by atoms with Crippen molar-refractivity contribution in [1.29, 1.82) is 0 Å². The molecule has 4 rings (SSSR count). The number of thiophene rings is 1. The standard InChI is InChI=1S/C27H29ClN2O2S/c1-27(2,3)18-7-14-22-23(15-18)33-26(29-16-17-5-12-21(32-4)13-6-17)24(22)25(31)30-20-10-8-19(28)9-11-20/h5-6,8-13,16,18H,7,14-15H2,1-4H3,(H,30,31)/t18-/m1/s1. The van der Waals surface area contributed by atoms with Crippen LogP contribution < -0.4 is 10.1 Å². The molecule has 1 aromatic heterocycles. The van der Waals surface area contributed by atoms with E-state index in [1.54, 1.807) is 30.6 Å². The summed E-state index contributed by atoms with van der Waals surface area (Å²) >= 11 is 7.64. The van der Waals surface area contributed by atoms with E-state index in [-0.39, 0.29) is 11.3 Å². The highest BCUT2D eigenvalue weighted by Crippen LogP contribution is 2.45. The second kappa shape index (κ2) is 9.70. The monoisotopic (exact) mass is 480 g/mol. The zero-order valence-electron chi connectivity index (χ0n) is 19.4. The Bertz CT molecular complexity index is 1160. The second-order valence-corrected chi connectivity index (χ2v) is 11.0. The van der Waals surface area contributed by atoms with Crippen LogP contribution in [0.3, 0.4) is 0 Å². The van der Waals surface area contributed by atoms with Gasteiger partial charge in [0.05, 0.1) is 12.7 Å². The summed E-state index contributed by atoms with van der Waals surface area (Å²) in [6.07, 6.45) is 4.78. The topological polar surface area (TPSA) is 50.7 Å². The molecule has 0 fully saturated rings. The number of ether oxygens (including phenoxy) is 1. The summed E-state index contributed by atoms with van der Waals surface area (Å²) in [6, 6.07) is 14.9. The van der Waals surface area contributed by atoms with Crippen LogP contribution in [0.5, 0.6) is 5.75 Å². The molecule has 0 radical (unpaired) electrons. The maximum Gasteiger partial charge on any atom is 0.259 e. The third-order valence-electron chi connectivity index (χ3n) is 6.25. The van der Waals surface area contributed by atoms with Crippen molar-refractivity contribution in [2.24, 2.45) is 16.3 Å². The van der Waals surface area contributed by atoms with Crippen molar-refractivity contribution in [3.05, 3.63) is 75.1 Å². The van der Waals surface area contributed by atoms with Gasteiger partial charge in [-0.25, -0.2) is 4.99 Å². The van der Waals surface area contributed by atoms with Crippen molar-refractivity contribution in [1.82, 2.24) is 0 Å². The minimum Gasteiger partial charge on any atom is -0.497 e. The van der Waals surface area contributed by atoms with Gasteiger partial charge in [-0.3, -0.25) is 4.79 Å². The molecule has 0 saturated carbocycles. The molecular formula is C27H29ClN2O2S. The van der Waals surface area contributed by atoms with E-state index in [4.69, 9.17) is 21.3 Å². The first-order chi connectivity index (χ1) is 15.7. The van der Waals surface area contributed by atoms with E-state index in [0.717, 1.165) is 46.8 Å². The number of hydrogen-bond acceptors (Lipinski definition) is 4. The van der Waals surface area contributed by atoms with Crippen LogP contribution in [-0.2, 0) is 12.8 Å². The number of benzene rings is 2. The van der Waals surface area contributed by atoms with E-state index in [1.165, 1.54) is 4.88 Å². The molecule has 1 amide bonds. The van der Waals surface area contributed by atoms with E-state index in [9.17, 15) is 4.79 Å². The van der Waals surface area contributed by atoms with Gasteiger partial charge in [0.2, 0.25) is 0 Å². The van der Waals surface area contributed by atoms with Gasteiger partial charge >= 0.3 is 0 Å². The normalized spacial score (nSPS) is 16.0. The number of carbonyl (C=O) groups is 1. The molecule has 1 aliphatic carbocycles. The van der Waals surface area contributed by atoms with Crippen molar-refractivity contribution in [2.45, 2.75) is 40.0 Å². The van der Waals surface area contributed by atoms with E-state index >= 15 is 0 Å². The minimum atomic E-state index is -0.120. The number of hydrogen-bond donors (Lipinski definition) is 1. The highest BCUT2D eigenvalue weighted by molar-refractivity contribution is 7.16. The van der Waals surface area contributed by atoms with Gasteiger partial charge in [-0.1, -0.05) is 32.4 Å². The maximum atomic E-state index is 13.4. The zero-order chi connectivity index (χ0) is 23.6. The van der Waals surface area contributed by atoms with Gasteiger partial charge in [0.15, 0.2) is 0 Å². The van der Waals surface area contributed by atoms with Crippen molar-refractivity contribution in [3.8, 4) is 5.75 Å². The summed E-state index contributed by atoms with van der Waals surface area (Å²) in [5.41, 5.74) is 3.76. The number of rotatable bonds is 5. The summed E-state index contributed by atoms with van der Waals surface area (Å²) in [7, 11) is 1.65. The van der Waals surface area contributed by atoms with E-state index in [2.05, 4.69) is 26.1 Å². The number of fused-ring (bicyclic) bond motifs is 1. The number of nitrogens with zero attached hydrogens (tertiary/aromatic N) is 1. The quantitative estimate of drug-likeness (QED) is 0.383. The lowest BCUT2D eigenvalue weighted by atomic mass is 9.72. The molecular weight excluding hydrogens is 452 g/mol. The first-order valence-electron chi connectivity index (χ1n) is 11.1. The number of anilines is 1. The molecule has 1 heterocycles. The minimum absolute atomic E-state index is 0.120. The highest BCUT2D eigenvalue weighted by Gasteiger charge is 2.33. The Hall–Kier alpha value is -2.63. The van der Waals surface area contributed by atoms with Crippen molar-refractivity contribution in [3.63, 3.8) is 0 Å². The fourth-order valence-electron chi connectivity index (χ4n) is 4.19. The average Bonchev–Trinajstić information content (AvgIpc) is 3.16. The summed E-state index contributed by atoms with van der Waals surface area (Å²) in [6.45, 7) is 6.90. The maximum absolute atomic E-state index is 13.4. The molecule has 1 aliphatic rings. The van der Waals surface area contributed by atoms with Crippen LogP contribution in [0.4, 0.5) is 10.7 Å². The predicted molar refractivity (Wildman–Crippen MR) is 139 cm³/mol. The summed E-state index contributed by atoms with van der Waals surface area (Å²) < 4.78 is 5.24. The predicted octanol–water partition coefficient (Wildman–Crippen LogP) is 7.56. The fraction of sp³-hybridized carbons (Fsp3) is 0.333. The van der Waals surface area contributed by atoms with Crippen LogP contribution in [0, 0.1) is 11.3 Å². The lowest BCUT2D eigenvalue weighted by Gasteiger charge is -2.33. The molecule has 0 unspecified atom stereocenters. The lowest BCUT2D eigenvalue weighted by molar-refractivity contribution is 0.102. The number of halogens is 1. The molecule has 1 N–H and O–H groups in total. The molecule has 1 atom stereocenters. The Morgan fingerprint density at radius 2 is 1.85 bits per heavy atom. The molecule has 6 heteroatoms. The van der Waals surface area contributed by atoms with Crippen molar-refractivity contribution in [2.75, 3.05) is 12.4 Å². The molecule has 3 aromatic rings. The third-order valence-corrected chi connectivity index (χ3v) is 7.66. The molecule has 4 nitrogen and oxygen atoms in total. The molecule has 33 heavy (non-hydrogen) atoms. The second-order valence-electron chi connectivity index (χ2n) is 9.48. The number of carbonyl (C=O) groups excluding carboxylic acids is 1. The van der Waals surface area contributed by atoms with E-state index < -0.39 is 0 Å². The number of aliphatic imine (C=N–C) groups is 1. The molecule has 0 aliphatic heterocycles. The average molecular weight is 481 g/mol. The first kappa shape index (κ1) is 23.5. The van der Waals surface area contributed by atoms with Crippen LogP contribution in [0.2, 0.25) is 5.02 Å². The third kappa shape index (κ3) is 5.48. The zero-order valence-corrected chi connectivity index (χ0v) is 21.0. The Morgan fingerprint density at radius 3 is 2.48 bits per heavy atom. The van der Waals surface area contributed by atoms with E-state index in [0.29, 0.717) is 16.5 Å². The number of amides is 1. The molecule has 0 spiro atoms. The summed E-state index contributed by atoms with van der Waals surface area (Å²) in [5.74, 6) is 1.27. The molecule has 0 saturated heterocycles. The van der Waals surface area contributed by atoms with Crippen LogP contribution in [0.1, 0.15) is 53.6 Å². The van der Waals surface area contributed by atoms with Crippen LogP contribution in [-0.4, -0.2) is 19.2 Å². The van der Waals surface area contributed by atoms with Gasteiger partial charge in [-0.2, -0.15) is 0 Å². The Labute approximate surface area is 204 Å². The van der Waals surface area contributed by atoms with Gasteiger partial charge in [0.25, 0.3) is 5.91 Å². The smallest absolute Gasteiger partial charge is 0.259 e. The Balaban J connectivity index is 1.68. The largest absolute Gasteiger partial charge is 0.497 e. The summed E-state index contributed by atoms with van der Waals surface area (Å²) in [4.78, 5) is 19.5. The molecule has 172 valence electrons. The van der Waals surface area contributed by atoms with Crippen LogP contribution in [0.15, 0.2) is 53.5 Å². The fourth-order valence-corrected chi connectivity index (χ4v) is 5.58. The first-order valence-corrected chi connectivity index (χ1v) is 12.3. The van der Waals surface area contributed by atoms with Gasteiger partial charge in [0, 0.05) is 21.8 Å². The highest BCUT2D eigenvalue weighted by atomic mass is 35.5. The van der Waals surface area contributed by atoms with Crippen LogP contribution >= 0.6 is 22.9 Å². The van der Waals surface area contributed by atoms with Crippen molar-refractivity contribution >= 4 is 45.7 Å². The van der Waals surface area contributed by atoms with Crippen LogP contribution in [0.25, 0.3) is 0 Å². The summed E-state index contributed by atoms with van der Waals surface area (Å²) in [5, 5.41) is 4.43. The SMILES string of the molecule is COc1ccc(C=Nc2sc3c(c2C(=O)Nc2ccc(Cl)cc2)CC[C@@H](C(C)(C)C)C3)cc1. The molecule has 0 bridgehead atoms. The van der Waals surface area contributed by atoms with Gasteiger partial charge < -0.3 is 10.1 Å². The molecule has 2 aromatic carbocycles. The lowest BCUT2D eigenvalue weighted by Crippen LogP contribution is -2.27. The van der Waals surface area contributed by atoms with E-state index in [1.807, 2.05) is 42.6 Å².